The highest BCUT2D eigenvalue weighted by Gasteiger charge is 2.32. The lowest BCUT2D eigenvalue weighted by Gasteiger charge is -2.23. The minimum atomic E-state index is 0.598. The van der Waals surface area contributed by atoms with Crippen LogP contribution in [0.15, 0.2) is 54.4 Å². The number of hydrogen-bond acceptors (Lipinski definition) is 2. The highest BCUT2D eigenvalue weighted by atomic mass is 35.5. The zero-order valence-corrected chi connectivity index (χ0v) is 20.4. The summed E-state index contributed by atoms with van der Waals surface area (Å²) in [5.74, 6) is 2.51. The van der Waals surface area contributed by atoms with Crippen LogP contribution in [0.25, 0.3) is 16.6 Å². The van der Waals surface area contributed by atoms with Gasteiger partial charge in [-0.3, -0.25) is 0 Å². The summed E-state index contributed by atoms with van der Waals surface area (Å²) in [6, 6.07) is 12.7. The molecular formula is C26H29Cl2N4+. The number of aromatic nitrogens is 2. The average Bonchev–Trinajstić information content (AvgIpc) is 3.29. The number of para-hydroxylation sites is 2. The van der Waals surface area contributed by atoms with Crippen molar-refractivity contribution in [2.75, 3.05) is 22.9 Å². The summed E-state index contributed by atoms with van der Waals surface area (Å²) in [5, 5.41) is 1.20. The molecule has 0 radical (unpaired) electrons. The van der Waals surface area contributed by atoms with Gasteiger partial charge in [-0.25, -0.2) is 9.13 Å². The molecule has 6 heteroatoms. The van der Waals surface area contributed by atoms with Crippen molar-refractivity contribution in [1.29, 1.82) is 0 Å². The third-order valence-electron chi connectivity index (χ3n) is 6.62. The van der Waals surface area contributed by atoms with Gasteiger partial charge in [0.15, 0.2) is 11.0 Å². The molecule has 0 amide bonds. The summed E-state index contributed by atoms with van der Waals surface area (Å²) in [6.45, 7) is 10.3. The second kappa shape index (κ2) is 8.49. The van der Waals surface area contributed by atoms with Gasteiger partial charge in [0, 0.05) is 18.7 Å². The molecule has 5 rings (SSSR count). The van der Waals surface area contributed by atoms with E-state index in [0.29, 0.717) is 10.0 Å². The Morgan fingerprint density at radius 3 is 2.19 bits per heavy atom. The molecule has 0 saturated heterocycles. The largest absolute Gasteiger partial charge is 0.326 e. The van der Waals surface area contributed by atoms with E-state index < -0.39 is 0 Å². The van der Waals surface area contributed by atoms with Gasteiger partial charge in [0.1, 0.15) is 5.82 Å². The van der Waals surface area contributed by atoms with E-state index in [2.05, 4.69) is 76.1 Å². The van der Waals surface area contributed by atoms with Gasteiger partial charge in [-0.15, -0.1) is 0 Å². The Morgan fingerprint density at radius 1 is 0.906 bits per heavy atom. The summed E-state index contributed by atoms with van der Waals surface area (Å²) in [7, 11) is 0. The molecule has 2 aromatic carbocycles. The Kier molecular flexibility index (Phi) is 5.68. The highest BCUT2D eigenvalue weighted by Crippen LogP contribution is 2.45. The zero-order valence-electron chi connectivity index (χ0n) is 18.9. The second-order valence-corrected chi connectivity index (χ2v) is 9.09. The van der Waals surface area contributed by atoms with Gasteiger partial charge in [-0.2, -0.15) is 0 Å². The van der Waals surface area contributed by atoms with Gasteiger partial charge in [0.05, 0.1) is 34.5 Å². The number of halogens is 2. The van der Waals surface area contributed by atoms with Crippen LogP contribution >= 0.6 is 23.2 Å². The van der Waals surface area contributed by atoms with Crippen LogP contribution in [0.2, 0.25) is 10.0 Å². The predicted octanol–water partition coefficient (Wildman–Crippen LogP) is 6.64. The number of rotatable bonds is 4. The topological polar surface area (TPSA) is 15.3 Å². The van der Waals surface area contributed by atoms with Gasteiger partial charge < -0.3 is 9.80 Å². The van der Waals surface area contributed by atoms with Crippen LogP contribution in [0.3, 0.4) is 0 Å². The van der Waals surface area contributed by atoms with Crippen molar-refractivity contribution in [3.8, 4) is 0 Å². The van der Waals surface area contributed by atoms with E-state index in [1.807, 2.05) is 12.1 Å². The van der Waals surface area contributed by atoms with Crippen LogP contribution in [0.1, 0.15) is 39.4 Å². The molecule has 32 heavy (non-hydrogen) atoms. The maximum Gasteiger partial charge on any atom is 0.285 e. The molecule has 3 heterocycles. The third-order valence-corrected chi connectivity index (χ3v) is 7.35. The monoisotopic (exact) mass is 467 g/mol. The van der Waals surface area contributed by atoms with Crippen molar-refractivity contribution >= 4 is 51.2 Å². The minimum absolute atomic E-state index is 0.598. The molecule has 0 unspecified atom stereocenters. The first kappa shape index (κ1) is 21.4. The van der Waals surface area contributed by atoms with Crippen molar-refractivity contribution < 1.29 is 4.57 Å². The van der Waals surface area contributed by atoms with E-state index in [4.69, 9.17) is 23.2 Å². The van der Waals surface area contributed by atoms with Gasteiger partial charge >= 0.3 is 0 Å². The minimum Gasteiger partial charge on any atom is -0.326 e. The van der Waals surface area contributed by atoms with E-state index in [9.17, 15) is 0 Å². The van der Waals surface area contributed by atoms with Gasteiger partial charge in [0.25, 0.3) is 5.82 Å². The number of benzene rings is 2. The fourth-order valence-corrected chi connectivity index (χ4v) is 5.57. The van der Waals surface area contributed by atoms with E-state index in [-0.39, 0.29) is 0 Å². The Labute approximate surface area is 199 Å². The lowest BCUT2D eigenvalue weighted by atomic mass is 10.0. The van der Waals surface area contributed by atoms with E-state index in [1.54, 1.807) is 0 Å². The number of allylic oxidation sites excluding steroid dienone is 3. The molecule has 0 bridgehead atoms. The maximum atomic E-state index is 6.37. The number of fused-ring (bicyclic) bond motifs is 4. The van der Waals surface area contributed by atoms with E-state index in [0.717, 1.165) is 50.4 Å². The summed E-state index contributed by atoms with van der Waals surface area (Å²) in [5.41, 5.74) is 6.27. The second-order valence-electron chi connectivity index (χ2n) is 8.27. The molecular weight excluding hydrogens is 439 g/mol. The van der Waals surface area contributed by atoms with Crippen molar-refractivity contribution in [1.82, 2.24) is 4.57 Å². The summed E-state index contributed by atoms with van der Waals surface area (Å²) >= 11 is 12.7. The fraction of sp³-hybridized carbons (Fsp3) is 0.346. The van der Waals surface area contributed by atoms with Crippen LogP contribution in [-0.2, 0) is 13.1 Å². The molecule has 0 fully saturated rings. The lowest BCUT2D eigenvalue weighted by Crippen LogP contribution is -2.40. The van der Waals surface area contributed by atoms with E-state index >= 15 is 0 Å². The van der Waals surface area contributed by atoms with Crippen molar-refractivity contribution in [3.63, 3.8) is 0 Å². The molecule has 0 spiro atoms. The Balaban J connectivity index is 1.63. The molecule has 4 nitrogen and oxygen atoms in total. The van der Waals surface area contributed by atoms with Gasteiger partial charge in [-0.1, -0.05) is 35.3 Å². The van der Waals surface area contributed by atoms with E-state index in [1.165, 1.54) is 28.3 Å². The Morgan fingerprint density at radius 2 is 1.56 bits per heavy atom. The summed E-state index contributed by atoms with van der Waals surface area (Å²) in [4.78, 5) is 4.65. The normalized spacial score (nSPS) is 16.8. The van der Waals surface area contributed by atoms with Gasteiger partial charge in [-0.05, 0) is 70.0 Å². The van der Waals surface area contributed by atoms with Crippen molar-refractivity contribution in [3.05, 3.63) is 70.2 Å². The third kappa shape index (κ3) is 3.23. The van der Waals surface area contributed by atoms with Crippen LogP contribution in [0.4, 0.5) is 11.4 Å². The fourth-order valence-electron chi connectivity index (χ4n) is 5.26. The maximum absolute atomic E-state index is 6.37. The summed E-state index contributed by atoms with van der Waals surface area (Å²) in [6.07, 6.45) is 6.84. The molecule has 0 aliphatic carbocycles. The van der Waals surface area contributed by atoms with Crippen LogP contribution in [-0.4, -0.2) is 17.7 Å². The Bertz CT molecular complexity index is 1180. The number of anilines is 2. The average molecular weight is 468 g/mol. The number of hydrogen-bond donors (Lipinski definition) is 0. The SMILES string of the molecule is CCN1C(=CC=C2CCC[n+]3c2n(CC)c2ccccc23)N(CC)c2cc(Cl)c(Cl)cc21. The number of imidazole rings is 1. The molecule has 0 saturated carbocycles. The van der Waals surface area contributed by atoms with Crippen LogP contribution in [0, 0.1) is 0 Å². The lowest BCUT2D eigenvalue weighted by molar-refractivity contribution is -0.678. The number of aryl methyl sites for hydroxylation is 2. The number of nitrogens with zero attached hydrogens (tertiary/aromatic N) is 4. The smallest absolute Gasteiger partial charge is 0.285 e. The zero-order chi connectivity index (χ0) is 22.4. The molecule has 1 aromatic heterocycles. The quantitative estimate of drug-likeness (QED) is 0.399. The van der Waals surface area contributed by atoms with Gasteiger partial charge in [0.2, 0.25) is 0 Å². The molecule has 0 N–H and O–H groups in total. The van der Waals surface area contributed by atoms with Crippen molar-refractivity contribution in [2.24, 2.45) is 0 Å². The van der Waals surface area contributed by atoms with Crippen LogP contribution in [0.5, 0.6) is 0 Å². The summed E-state index contributed by atoms with van der Waals surface area (Å²) < 4.78 is 4.95. The molecule has 3 aromatic rings. The molecule has 0 atom stereocenters. The first-order chi connectivity index (χ1) is 15.6. The first-order valence-corrected chi connectivity index (χ1v) is 12.3. The highest BCUT2D eigenvalue weighted by molar-refractivity contribution is 6.42. The molecule has 2 aliphatic rings. The predicted molar refractivity (Wildman–Crippen MR) is 136 cm³/mol. The first-order valence-electron chi connectivity index (χ1n) is 11.5. The molecule has 2 aliphatic heterocycles. The molecule has 166 valence electrons. The van der Waals surface area contributed by atoms with Crippen LogP contribution < -0.4 is 14.4 Å². The van der Waals surface area contributed by atoms with Crippen molar-refractivity contribution in [2.45, 2.75) is 46.7 Å². The Hall–Kier alpha value is -2.43. The standard InChI is InChI=1S/C26H29Cl2N4/c1-4-29-23-16-19(27)20(28)17-24(23)30(5-2)25(29)14-13-18-10-9-15-32-22-12-8-7-11-21(22)31(6-3)26(18)32/h7-8,11-14,16-17H,4-6,9-10,15H2,1-3H3/q+1.